The van der Waals surface area contributed by atoms with Gasteiger partial charge in [0.2, 0.25) is 12.3 Å². The number of phenolic OH excluding ortho intramolecular Hbond substituents is 1. The Hall–Kier alpha value is -7.17. The van der Waals surface area contributed by atoms with Crippen molar-refractivity contribution in [2.75, 3.05) is 42.0 Å². The van der Waals surface area contributed by atoms with E-state index in [1.54, 1.807) is 0 Å². The summed E-state index contributed by atoms with van der Waals surface area (Å²) in [5, 5.41) is 42.6. The molecule has 0 aliphatic rings. The number of anilines is 4. The van der Waals surface area contributed by atoms with Crippen molar-refractivity contribution in [1.29, 1.82) is 0 Å². The number of nitrogens with zero attached hydrogens (tertiary/aromatic N) is 1. The third-order valence-corrected chi connectivity index (χ3v) is 6.70. The Morgan fingerprint density at radius 1 is 0.714 bits per heavy atom. The van der Waals surface area contributed by atoms with Gasteiger partial charge in [-0.3, -0.25) is 24.0 Å². The molecule has 0 bridgehead atoms. The molecular formula is C32H28N6O11. The molecule has 17 heteroatoms. The Bertz CT molecular complexity index is 1930. The number of carboxylic acid groups (broad SMARTS) is 1. The molecule has 0 fully saturated rings. The minimum Gasteiger partial charge on any atom is -0.504 e. The minimum absolute atomic E-state index is 0.0212. The number of hydrogen-bond acceptors (Lipinski definition) is 11. The van der Waals surface area contributed by atoms with Crippen LogP contribution in [-0.2, 0) is 9.59 Å². The molecule has 0 aliphatic carbocycles. The summed E-state index contributed by atoms with van der Waals surface area (Å²) in [4.78, 5) is 76.3. The number of rotatable bonds is 13. The van der Waals surface area contributed by atoms with Gasteiger partial charge in [-0.05, 0) is 60.7 Å². The Morgan fingerprint density at radius 3 is 1.84 bits per heavy atom. The zero-order chi connectivity index (χ0) is 35.7. The van der Waals surface area contributed by atoms with Crippen molar-refractivity contribution in [1.82, 2.24) is 10.3 Å². The molecule has 1 heterocycles. The number of ether oxygens (including phenoxy) is 2. The maximum atomic E-state index is 13.0. The summed E-state index contributed by atoms with van der Waals surface area (Å²) in [5.41, 5.74) is 0.0635. The maximum absolute atomic E-state index is 13.0. The molecule has 49 heavy (non-hydrogen) atoms. The van der Waals surface area contributed by atoms with E-state index in [2.05, 4.69) is 31.6 Å². The van der Waals surface area contributed by atoms with Crippen LogP contribution in [0, 0.1) is 0 Å². The second-order valence-corrected chi connectivity index (χ2v) is 9.80. The highest BCUT2D eigenvalue weighted by Gasteiger charge is 2.24. The van der Waals surface area contributed by atoms with Gasteiger partial charge >= 0.3 is 5.97 Å². The van der Waals surface area contributed by atoms with Crippen molar-refractivity contribution in [3.63, 3.8) is 0 Å². The van der Waals surface area contributed by atoms with Crippen LogP contribution in [-0.4, -0.2) is 77.1 Å². The molecule has 252 valence electrons. The van der Waals surface area contributed by atoms with Gasteiger partial charge in [-0.1, -0.05) is 0 Å². The lowest BCUT2D eigenvalue weighted by Crippen LogP contribution is -2.32. The number of pyridine rings is 1. The normalized spacial score (nSPS) is 10.2. The number of carboxylic acids is 1. The summed E-state index contributed by atoms with van der Waals surface area (Å²) < 4.78 is 10.3. The molecule has 1 aromatic heterocycles. The van der Waals surface area contributed by atoms with Gasteiger partial charge in [-0.2, -0.15) is 0 Å². The van der Waals surface area contributed by atoms with E-state index in [-0.39, 0.29) is 51.9 Å². The number of phenols is 2. The predicted octanol–water partition coefficient (Wildman–Crippen LogP) is 2.65. The summed E-state index contributed by atoms with van der Waals surface area (Å²) in [5.74, 6) is -6.05. The first-order valence-corrected chi connectivity index (χ1v) is 14.0. The summed E-state index contributed by atoms with van der Waals surface area (Å²) >= 11 is 0. The van der Waals surface area contributed by atoms with Crippen molar-refractivity contribution in [2.45, 2.75) is 0 Å². The number of aromatic carboxylic acids is 1. The summed E-state index contributed by atoms with van der Waals surface area (Å²) in [6.45, 7) is -0.361. The van der Waals surface area contributed by atoms with Gasteiger partial charge in [-0.15, -0.1) is 0 Å². The number of benzene rings is 3. The van der Waals surface area contributed by atoms with E-state index < -0.39 is 46.7 Å². The second kappa shape index (κ2) is 15.4. The van der Waals surface area contributed by atoms with E-state index in [1.807, 2.05) is 0 Å². The fourth-order valence-electron chi connectivity index (χ4n) is 4.34. The predicted molar refractivity (Wildman–Crippen MR) is 174 cm³/mol. The number of nitrogens with one attached hydrogen (secondary N) is 5. The summed E-state index contributed by atoms with van der Waals surface area (Å²) in [6.07, 6.45) is 1.72. The third-order valence-electron chi connectivity index (χ3n) is 6.70. The monoisotopic (exact) mass is 672 g/mol. The van der Waals surface area contributed by atoms with Gasteiger partial charge in [0.25, 0.3) is 17.7 Å². The van der Waals surface area contributed by atoms with Crippen LogP contribution < -0.4 is 36.1 Å². The lowest BCUT2D eigenvalue weighted by Gasteiger charge is -2.16. The van der Waals surface area contributed by atoms with Crippen molar-refractivity contribution >= 4 is 58.8 Å². The molecule has 8 N–H and O–H groups in total. The minimum atomic E-state index is -1.42. The molecular weight excluding hydrogens is 644 g/mol. The van der Waals surface area contributed by atoms with E-state index >= 15 is 0 Å². The molecule has 0 aliphatic heterocycles. The van der Waals surface area contributed by atoms with Gasteiger partial charge in [0, 0.05) is 11.3 Å². The first-order chi connectivity index (χ1) is 23.5. The van der Waals surface area contributed by atoms with Crippen molar-refractivity contribution in [3.8, 4) is 23.0 Å². The van der Waals surface area contributed by atoms with Gasteiger partial charge in [0.15, 0.2) is 23.0 Å². The molecule has 5 amide bonds. The molecule has 0 saturated carbocycles. The second-order valence-electron chi connectivity index (χ2n) is 9.80. The average Bonchev–Trinajstić information content (AvgIpc) is 3.08. The molecule has 0 spiro atoms. The highest BCUT2D eigenvalue weighted by atomic mass is 16.5. The van der Waals surface area contributed by atoms with E-state index in [9.17, 15) is 44.1 Å². The van der Waals surface area contributed by atoms with Crippen LogP contribution in [0.1, 0.15) is 41.6 Å². The average molecular weight is 673 g/mol. The van der Waals surface area contributed by atoms with Gasteiger partial charge < -0.3 is 51.4 Å². The van der Waals surface area contributed by atoms with Crippen molar-refractivity contribution in [3.05, 3.63) is 89.2 Å². The number of aromatic nitrogens is 1. The topological polar surface area (TPSA) is 255 Å². The Kier molecular flexibility index (Phi) is 10.9. The number of carbonyl (C=O) groups is 6. The van der Waals surface area contributed by atoms with Crippen LogP contribution in [0.3, 0.4) is 0 Å². The van der Waals surface area contributed by atoms with E-state index in [4.69, 9.17) is 9.47 Å². The van der Waals surface area contributed by atoms with Crippen molar-refractivity contribution < 1.29 is 53.6 Å². The Morgan fingerprint density at radius 2 is 1.29 bits per heavy atom. The third kappa shape index (κ3) is 8.17. The fraction of sp³-hybridized carbons (Fsp3) is 0.0938. The first-order valence-electron chi connectivity index (χ1n) is 14.0. The molecule has 3 aromatic carbocycles. The van der Waals surface area contributed by atoms with Gasteiger partial charge in [-0.25, -0.2) is 9.78 Å². The van der Waals surface area contributed by atoms with Gasteiger partial charge in [0.1, 0.15) is 11.3 Å². The van der Waals surface area contributed by atoms with Crippen LogP contribution in [0.15, 0.2) is 66.9 Å². The number of aromatic hydroxyl groups is 2. The molecule has 17 nitrogen and oxygen atoms in total. The van der Waals surface area contributed by atoms with E-state index in [0.29, 0.717) is 12.1 Å². The lowest BCUT2D eigenvalue weighted by atomic mass is 10.1. The van der Waals surface area contributed by atoms with Crippen LogP contribution in [0.5, 0.6) is 23.0 Å². The summed E-state index contributed by atoms with van der Waals surface area (Å²) in [7, 11) is 2.36. The van der Waals surface area contributed by atoms with Crippen LogP contribution in [0.4, 0.5) is 22.7 Å². The molecule has 0 atom stereocenters. The van der Waals surface area contributed by atoms with Gasteiger partial charge in [0.05, 0.1) is 49.6 Å². The number of hydrogen-bond donors (Lipinski definition) is 8. The highest BCUT2D eigenvalue weighted by Crippen LogP contribution is 2.40. The largest absolute Gasteiger partial charge is 0.504 e. The Labute approximate surface area is 276 Å². The SMILES string of the molecule is COc1c(NC(=O)c2ccc(NC(=O)c3ccc(NC(=O)CNC(=O)c4ccc(NC=O)cc4)cn3)c(OC)c2O)ccc(C(=O)O)c1O. The highest BCUT2D eigenvalue weighted by molar-refractivity contribution is 6.10. The first kappa shape index (κ1) is 34.7. The zero-order valence-electron chi connectivity index (χ0n) is 25.7. The zero-order valence-corrected chi connectivity index (χ0v) is 25.7. The quantitative estimate of drug-likeness (QED) is 0.0954. The number of amides is 5. The van der Waals surface area contributed by atoms with Crippen LogP contribution in [0.25, 0.3) is 0 Å². The molecule has 0 saturated heterocycles. The van der Waals surface area contributed by atoms with Crippen LogP contribution in [0.2, 0.25) is 0 Å². The molecule has 4 rings (SSSR count). The van der Waals surface area contributed by atoms with E-state index in [1.165, 1.54) is 67.9 Å². The molecule has 0 radical (unpaired) electrons. The Balaban J connectivity index is 1.37. The smallest absolute Gasteiger partial charge is 0.339 e. The summed E-state index contributed by atoms with van der Waals surface area (Å²) in [6, 6.07) is 13.4. The molecule has 4 aromatic rings. The van der Waals surface area contributed by atoms with Crippen molar-refractivity contribution in [2.24, 2.45) is 0 Å². The lowest BCUT2D eigenvalue weighted by molar-refractivity contribution is -0.115. The standard InChI is InChI=1S/C32H28N6O11/c1-48-27-22(11-8-19(25(27)41)30(44)37-21-12-9-20(32(46)47)26(42)28(21)49-2)38-31(45)23-10-7-18(13-33-23)36-24(40)14-34-29(43)16-3-5-17(6-4-16)35-15-39/h3-13,15,41-42H,14H2,1-2H3,(H,34,43)(H,35,39)(H,36,40)(H,37,44)(H,38,45)(H,46,47). The number of carbonyl (C=O) groups excluding carboxylic acids is 5. The molecule has 0 unspecified atom stereocenters. The maximum Gasteiger partial charge on any atom is 0.339 e. The van der Waals surface area contributed by atoms with E-state index in [0.717, 1.165) is 13.2 Å². The van der Waals surface area contributed by atoms with Crippen LogP contribution >= 0.6 is 0 Å². The number of methoxy groups -OCH3 is 2. The fourth-order valence-corrected chi connectivity index (χ4v) is 4.34.